The topological polar surface area (TPSA) is 68.3 Å². The highest BCUT2D eigenvalue weighted by atomic mass is 35.5. The van der Waals surface area contributed by atoms with Crippen molar-refractivity contribution in [2.45, 2.75) is 37.8 Å². The van der Waals surface area contributed by atoms with Gasteiger partial charge >= 0.3 is 5.97 Å². The minimum absolute atomic E-state index is 0.215. The van der Waals surface area contributed by atoms with E-state index in [2.05, 4.69) is 16.9 Å². The van der Waals surface area contributed by atoms with Crippen molar-refractivity contribution in [2.75, 3.05) is 0 Å². The van der Waals surface area contributed by atoms with Crippen LogP contribution in [0.3, 0.4) is 0 Å². The smallest absolute Gasteiger partial charge is 0.330 e. The van der Waals surface area contributed by atoms with E-state index in [1.807, 2.05) is 85.8 Å². The van der Waals surface area contributed by atoms with E-state index in [-0.39, 0.29) is 18.7 Å². The van der Waals surface area contributed by atoms with Gasteiger partial charge < -0.3 is 10.1 Å². The zero-order chi connectivity index (χ0) is 27.7. The first-order valence-corrected chi connectivity index (χ1v) is 13.2. The fourth-order valence-corrected chi connectivity index (χ4v) is 4.80. The van der Waals surface area contributed by atoms with Crippen molar-refractivity contribution >= 4 is 23.5 Å². The van der Waals surface area contributed by atoms with Gasteiger partial charge in [-0.15, -0.1) is 6.58 Å². The summed E-state index contributed by atoms with van der Waals surface area (Å²) in [5, 5.41) is 3.33. The lowest BCUT2D eigenvalue weighted by molar-refractivity contribution is -0.157. The van der Waals surface area contributed by atoms with Gasteiger partial charge in [-0.05, 0) is 31.0 Å². The summed E-state index contributed by atoms with van der Waals surface area (Å²) in [6.07, 6.45) is 5.93. The van der Waals surface area contributed by atoms with Crippen molar-refractivity contribution in [1.82, 2.24) is 10.3 Å². The number of carbonyl (C=O) groups is 2. The van der Waals surface area contributed by atoms with Gasteiger partial charge in [0.2, 0.25) is 5.91 Å². The molecule has 5 nitrogen and oxygen atoms in total. The van der Waals surface area contributed by atoms with Crippen LogP contribution >= 0.6 is 11.6 Å². The number of aromatic nitrogens is 1. The molecule has 0 radical (unpaired) electrons. The number of halogens is 1. The number of ether oxygens (including phenoxy) is 1. The zero-order valence-electron chi connectivity index (χ0n) is 21.8. The van der Waals surface area contributed by atoms with Crippen LogP contribution in [0, 0.1) is 6.92 Å². The fraction of sp³-hybridized carbons (Fsp3) is 0.182. The summed E-state index contributed by atoms with van der Waals surface area (Å²) in [4.78, 5) is 31.1. The first-order valence-electron chi connectivity index (χ1n) is 12.8. The normalized spacial score (nSPS) is 13.1. The van der Waals surface area contributed by atoms with Gasteiger partial charge in [-0.1, -0.05) is 102 Å². The molecule has 4 rings (SSSR count). The van der Waals surface area contributed by atoms with Gasteiger partial charge in [0.1, 0.15) is 6.04 Å². The maximum Gasteiger partial charge on any atom is 0.330 e. The van der Waals surface area contributed by atoms with E-state index in [0.29, 0.717) is 17.0 Å². The second-order valence-corrected chi connectivity index (χ2v) is 9.73. The maximum atomic E-state index is 14.2. The molecule has 1 amide bonds. The van der Waals surface area contributed by atoms with Gasteiger partial charge in [0.05, 0.1) is 0 Å². The summed E-state index contributed by atoms with van der Waals surface area (Å²) in [6, 6.07) is 27.4. The van der Waals surface area contributed by atoms with E-state index in [1.165, 1.54) is 0 Å². The Morgan fingerprint density at radius 3 is 2.33 bits per heavy atom. The molecule has 0 fully saturated rings. The predicted octanol–water partition coefficient (Wildman–Crippen LogP) is 6.57. The summed E-state index contributed by atoms with van der Waals surface area (Å²) in [5.41, 5.74) is 2.57. The standard InChI is InChI=1S/C33H31ClN2O3/c1-3-4-16-31(37)36-30(22-25-11-10-21-35-23-25)32(38)39-33(26-12-6-5-7-13-26,27-19-17-24(2)18-20-27)28-14-8-9-15-29(28)34/h3,5-15,17-21,23,30H,1,4,16,22H2,2H3,(H,36,37)/t30-,33?/m0/s1. The highest BCUT2D eigenvalue weighted by Crippen LogP contribution is 2.43. The molecule has 1 aromatic heterocycles. The largest absolute Gasteiger partial charge is 0.443 e. The van der Waals surface area contributed by atoms with E-state index in [0.717, 1.165) is 22.3 Å². The predicted molar refractivity (Wildman–Crippen MR) is 154 cm³/mol. The van der Waals surface area contributed by atoms with E-state index in [9.17, 15) is 9.59 Å². The van der Waals surface area contributed by atoms with Gasteiger partial charge in [-0.2, -0.15) is 0 Å². The van der Waals surface area contributed by atoms with Crippen LogP contribution in [-0.4, -0.2) is 22.9 Å². The third kappa shape index (κ3) is 6.62. The average Bonchev–Trinajstić information content (AvgIpc) is 2.96. The number of hydrogen-bond donors (Lipinski definition) is 1. The molecule has 0 aliphatic heterocycles. The van der Waals surface area contributed by atoms with Gasteiger partial charge in [-0.25, -0.2) is 4.79 Å². The monoisotopic (exact) mass is 538 g/mol. The molecule has 0 spiro atoms. The average molecular weight is 539 g/mol. The maximum absolute atomic E-state index is 14.2. The summed E-state index contributed by atoms with van der Waals surface area (Å²) in [6.45, 7) is 5.68. The van der Waals surface area contributed by atoms with Crippen LogP contribution in [0.15, 0.2) is 116 Å². The Balaban J connectivity index is 1.85. The number of aryl methyl sites for hydroxylation is 1. The molecule has 0 saturated carbocycles. The van der Waals surface area contributed by atoms with E-state index < -0.39 is 17.6 Å². The van der Waals surface area contributed by atoms with Crippen LogP contribution in [0.25, 0.3) is 0 Å². The van der Waals surface area contributed by atoms with E-state index >= 15 is 0 Å². The molecular formula is C33H31ClN2O3. The van der Waals surface area contributed by atoms with Crippen LogP contribution in [0.1, 0.15) is 40.7 Å². The molecule has 4 aromatic rings. The Morgan fingerprint density at radius 2 is 1.67 bits per heavy atom. The quantitative estimate of drug-likeness (QED) is 0.133. The number of hydrogen-bond acceptors (Lipinski definition) is 4. The van der Waals surface area contributed by atoms with Crippen LogP contribution in [-0.2, 0) is 26.3 Å². The first-order chi connectivity index (χ1) is 18.9. The highest BCUT2D eigenvalue weighted by Gasteiger charge is 2.43. The number of carbonyl (C=O) groups excluding carboxylic acids is 2. The summed E-state index contributed by atoms with van der Waals surface area (Å²) >= 11 is 6.80. The van der Waals surface area contributed by atoms with E-state index in [1.54, 1.807) is 30.6 Å². The van der Waals surface area contributed by atoms with Crippen molar-refractivity contribution < 1.29 is 14.3 Å². The van der Waals surface area contributed by atoms with Gasteiger partial charge in [0.15, 0.2) is 5.60 Å². The molecule has 3 aromatic carbocycles. The molecule has 1 heterocycles. The first kappa shape index (κ1) is 27.8. The van der Waals surface area contributed by atoms with Crippen molar-refractivity contribution in [3.63, 3.8) is 0 Å². The molecule has 1 N–H and O–H groups in total. The third-order valence-electron chi connectivity index (χ3n) is 6.50. The third-order valence-corrected chi connectivity index (χ3v) is 6.83. The molecule has 198 valence electrons. The number of esters is 1. The molecule has 39 heavy (non-hydrogen) atoms. The lowest BCUT2D eigenvalue weighted by Gasteiger charge is -2.37. The summed E-state index contributed by atoms with van der Waals surface area (Å²) in [5.74, 6) is -0.853. The number of nitrogens with one attached hydrogen (secondary N) is 1. The summed E-state index contributed by atoms with van der Waals surface area (Å²) < 4.78 is 6.58. The van der Waals surface area contributed by atoms with Gasteiger partial charge in [-0.3, -0.25) is 9.78 Å². The number of nitrogens with zero attached hydrogens (tertiary/aromatic N) is 1. The van der Waals surface area contributed by atoms with Crippen molar-refractivity contribution in [3.8, 4) is 0 Å². The Hall–Kier alpha value is -4.22. The Morgan fingerprint density at radius 1 is 0.974 bits per heavy atom. The number of allylic oxidation sites excluding steroid dienone is 1. The van der Waals surface area contributed by atoms with E-state index in [4.69, 9.17) is 16.3 Å². The fourth-order valence-electron chi connectivity index (χ4n) is 4.53. The lowest BCUT2D eigenvalue weighted by Crippen LogP contribution is -2.47. The zero-order valence-corrected chi connectivity index (χ0v) is 22.6. The molecule has 6 heteroatoms. The summed E-state index contributed by atoms with van der Waals surface area (Å²) in [7, 11) is 0. The van der Waals surface area contributed by atoms with Gasteiger partial charge in [0.25, 0.3) is 0 Å². The Kier molecular flexibility index (Phi) is 9.29. The van der Waals surface area contributed by atoms with Crippen LogP contribution in [0.5, 0.6) is 0 Å². The van der Waals surface area contributed by atoms with Gasteiger partial charge in [0, 0.05) is 46.9 Å². The van der Waals surface area contributed by atoms with Crippen LogP contribution < -0.4 is 5.32 Å². The number of amides is 1. The molecule has 0 aliphatic rings. The second-order valence-electron chi connectivity index (χ2n) is 9.33. The number of rotatable bonds is 11. The number of pyridine rings is 1. The van der Waals surface area contributed by atoms with Crippen molar-refractivity contribution in [1.29, 1.82) is 0 Å². The Bertz CT molecular complexity index is 1410. The molecule has 1 unspecified atom stereocenters. The van der Waals surface area contributed by atoms with Crippen molar-refractivity contribution in [3.05, 3.63) is 149 Å². The molecule has 0 bridgehead atoms. The highest BCUT2D eigenvalue weighted by molar-refractivity contribution is 6.31. The molecule has 0 aliphatic carbocycles. The minimum atomic E-state index is -1.37. The molecular weight excluding hydrogens is 508 g/mol. The number of benzene rings is 3. The minimum Gasteiger partial charge on any atom is -0.443 e. The molecule has 2 atom stereocenters. The van der Waals surface area contributed by atoms with Crippen LogP contribution in [0.4, 0.5) is 0 Å². The van der Waals surface area contributed by atoms with Crippen molar-refractivity contribution in [2.24, 2.45) is 0 Å². The lowest BCUT2D eigenvalue weighted by atomic mass is 9.79. The second kappa shape index (κ2) is 13.0. The molecule has 0 saturated heterocycles. The van der Waals surface area contributed by atoms with Crippen LogP contribution in [0.2, 0.25) is 5.02 Å². The Labute approximate surface area is 234 Å². The SMILES string of the molecule is C=CCCC(=O)N[C@@H](Cc1cccnc1)C(=O)OC(c1ccccc1)(c1ccc(C)cc1)c1ccccc1Cl.